The molecule has 0 unspecified atom stereocenters. The molecule has 0 aromatic rings. The van der Waals surface area contributed by atoms with Gasteiger partial charge in [-0.2, -0.15) is 0 Å². The second-order valence-corrected chi connectivity index (χ2v) is 2.27. The number of nitrogens with zero attached hydrogens (tertiary/aromatic N) is 1. The van der Waals surface area contributed by atoms with Crippen molar-refractivity contribution >= 4 is 0 Å². The first-order chi connectivity index (χ1) is 4.93. The third-order valence-electron chi connectivity index (χ3n) is 1.47. The first kappa shape index (κ1) is 7.41. The molecule has 1 aliphatic heterocycles. The molecule has 0 atom stereocenters. The molecule has 0 bridgehead atoms. The van der Waals surface area contributed by atoms with Crippen molar-refractivity contribution in [3.8, 4) is 0 Å². The Morgan fingerprint density at radius 1 is 1.60 bits per heavy atom. The second-order valence-electron chi connectivity index (χ2n) is 2.27. The molecular weight excluding hydrogens is 130 g/mol. The van der Waals surface area contributed by atoms with E-state index in [9.17, 15) is 0 Å². The zero-order valence-corrected chi connectivity index (χ0v) is 5.99. The maximum absolute atomic E-state index is 8.51. The fourth-order valence-electron chi connectivity index (χ4n) is 0.902. The third-order valence-corrected chi connectivity index (χ3v) is 1.47. The fourth-order valence-corrected chi connectivity index (χ4v) is 0.902. The zero-order chi connectivity index (χ0) is 7.23. The van der Waals surface area contributed by atoms with Gasteiger partial charge in [0.1, 0.15) is 6.61 Å². The van der Waals surface area contributed by atoms with E-state index in [1.165, 1.54) is 0 Å². The molecule has 10 heavy (non-hydrogen) atoms. The molecule has 0 aromatic heterocycles. The predicted octanol–water partition coefficient (Wildman–Crippen LogP) is 0.172. The molecule has 1 N–H and O–H groups in total. The molecule has 3 nitrogen and oxygen atoms in total. The minimum atomic E-state index is 0.269. The maximum atomic E-state index is 8.51. The van der Waals surface area contributed by atoms with Crippen LogP contribution in [0.15, 0.2) is 12.5 Å². The molecule has 0 aliphatic carbocycles. The average molecular weight is 143 g/mol. The normalized spacial score (nSPS) is 17.1. The lowest BCUT2D eigenvalue weighted by molar-refractivity contribution is 0.165. The molecule has 3 heteroatoms. The van der Waals surface area contributed by atoms with E-state index in [1.54, 1.807) is 6.26 Å². The highest BCUT2D eigenvalue weighted by atomic mass is 16.5. The zero-order valence-electron chi connectivity index (χ0n) is 5.99. The molecule has 0 fully saturated rings. The fraction of sp³-hybridized carbons (Fsp3) is 0.714. The van der Waals surface area contributed by atoms with E-state index in [0.29, 0.717) is 0 Å². The summed E-state index contributed by atoms with van der Waals surface area (Å²) < 4.78 is 4.99. The SMILES string of the molecule is OCCCN1C=COCC1. The Balaban J connectivity index is 2.13. The smallest absolute Gasteiger partial charge is 0.105 e. The summed E-state index contributed by atoms with van der Waals surface area (Å²) in [6, 6.07) is 0. The van der Waals surface area contributed by atoms with Crippen LogP contribution in [-0.2, 0) is 4.74 Å². The van der Waals surface area contributed by atoms with Crippen LogP contribution in [0, 0.1) is 0 Å². The van der Waals surface area contributed by atoms with Gasteiger partial charge in [-0.1, -0.05) is 0 Å². The van der Waals surface area contributed by atoms with Gasteiger partial charge < -0.3 is 14.7 Å². The van der Waals surface area contributed by atoms with Gasteiger partial charge in [-0.05, 0) is 6.42 Å². The Morgan fingerprint density at radius 3 is 3.10 bits per heavy atom. The highest BCUT2D eigenvalue weighted by Crippen LogP contribution is 1.98. The van der Waals surface area contributed by atoms with Gasteiger partial charge in [-0.15, -0.1) is 0 Å². The molecule has 0 saturated heterocycles. The van der Waals surface area contributed by atoms with E-state index in [2.05, 4.69) is 4.90 Å². The number of rotatable bonds is 3. The van der Waals surface area contributed by atoms with Crippen LogP contribution >= 0.6 is 0 Å². The van der Waals surface area contributed by atoms with Crippen molar-refractivity contribution in [1.29, 1.82) is 0 Å². The summed E-state index contributed by atoms with van der Waals surface area (Å²) in [5.41, 5.74) is 0. The summed E-state index contributed by atoms with van der Waals surface area (Å²) in [5, 5.41) is 8.51. The lowest BCUT2D eigenvalue weighted by Crippen LogP contribution is -2.26. The summed E-state index contributed by atoms with van der Waals surface area (Å²) in [6.45, 7) is 2.90. The van der Waals surface area contributed by atoms with Crippen LogP contribution in [0.4, 0.5) is 0 Å². The van der Waals surface area contributed by atoms with Crippen molar-refractivity contribution in [3.63, 3.8) is 0 Å². The minimum absolute atomic E-state index is 0.269. The van der Waals surface area contributed by atoms with Crippen molar-refractivity contribution in [1.82, 2.24) is 4.90 Å². The van der Waals surface area contributed by atoms with Crippen LogP contribution in [0.2, 0.25) is 0 Å². The third kappa shape index (κ3) is 2.27. The predicted molar refractivity (Wildman–Crippen MR) is 38.4 cm³/mol. The van der Waals surface area contributed by atoms with E-state index < -0.39 is 0 Å². The van der Waals surface area contributed by atoms with Crippen LogP contribution in [0.1, 0.15) is 6.42 Å². The van der Waals surface area contributed by atoms with Crippen LogP contribution in [0.25, 0.3) is 0 Å². The molecule has 0 amide bonds. The van der Waals surface area contributed by atoms with E-state index in [0.717, 1.165) is 26.1 Å². The Morgan fingerprint density at radius 2 is 2.50 bits per heavy atom. The average Bonchev–Trinajstić information content (AvgIpc) is 2.03. The van der Waals surface area contributed by atoms with Gasteiger partial charge in [0.2, 0.25) is 0 Å². The summed E-state index contributed by atoms with van der Waals surface area (Å²) in [7, 11) is 0. The molecule has 0 saturated carbocycles. The molecule has 1 aliphatic rings. The van der Waals surface area contributed by atoms with Crippen molar-refractivity contribution < 1.29 is 9.84 Å². The molecule has 0 radical (unpaired) electrons. The quantitative estimate of drug-likeness (QED) is 0.611. The lowest BCUT2D eigenvalue weighted by atomic mass is 10.4. The maximum Gasteiger partial charge on any atom is 0.105 e. The number of aliphatic hydroxyl groups excluding tert-OH is 1. The Hall–Kier alpha value is -0.700. The van der Waals surface area contributed by atoms with Crippen molar-refractivity contribution in [2.24, 2.45) is 0 Å². The van der Waals surface area contributed by atoms with Gasteiger partial charge >= 0.3 is 0 Å². The Kier molecular flexibility index (Phi) is 3.09. The topological polar surface area (TPSA) is 32.7 Å². The molecule has 0 aromatic carbocycles. The number of hydrogen-bond acceptors (Lipinski definition) is 3. The minimum Gasteiger partial charge on any atom is -0.498 e. The largest absolute Gasteiger partial charge is 0.498 e. The standard InChI is InChI=1S/C7H13NO2/c9-5-1-2-8-3-6-10-7-4-8/h3,6,9H,1-2,4-5,7H2. The number of ether oxygens (including phenoxy) is 1. The first-order valence-corrected chi connectivity index (χ1v) is 3.56. The van der Waals surface area contributed by atoms with Gasteiger partial charge in [-0.3, -0.25) is 0 Å². The summed E-state index contributed by atoms with van der Waals surface area (Å²) in [5.74, 6) is 0. The molecule has 1 heterocycles. The van der Waals surface area contributed by atoms with Crippen LogP contribution in [0.5, 0.6) is 0 Å². The monoisotopic (exact) mass is 143 g/mol. The van der Waals surface area contributed by atoms with Gasteiger partial charge in [0.05, 0.1) is 12.8 Å². The van der Waals surface area contributed by atoms with Gasteiger partial charge in [0, 0.05) is 19.4 Å². The molecule has 58 valence electrons. The van der Waals surface area contributed by atoms with Crippen molar-refractivity contribution in [2.45, 2.75) is 6.42 Å². The number of hydrogen-bond donors (Lipinski definition) is 1. The van der Waals surface area contributed by atoms with Crippen molar-refractivity contribution in [3.05, 3.63) is 12.5 Å². The highest BCUT2D eigenvalue weighted by Gasteiger charge is 2.01. The van der Waals surface area contributed by atoms with Crippen molar-refractivity contribution in [2.75, 3.05) is 26.3 Å². The molecule has 1 rings (SSSR count). The van der Waals surface area contributed by atoms with E-state index in [-0.39, 0.29) is 6.61 Å². The van der Waals surface area contributed by atoms with E-state index in [1.807, 2.05) is 6.20 Å². The van der Waals surface area contributed by atoms with Crippen LogP contribution < -0.4 is 0 Å². The van der Waals surface area contributed by atoms with Gasteiger partial charge in [0.15, 0.2) is 0 Å². The summed E-state index contributed by atoms with van der Waals surface area (Å²) >= 11 is 0. The molecule has 0 spiro atoms. The summed E-state index contributed by atoms with van der Waals surface area (Å²) in [6.07, 6.45) is 4.45. The highest BCUT2D eigenvalue weighted by molar-refractivity contribution is 4.79. The lowest BCUT2D eigenvalue weighted by Gasteiger charge is -2.22. The Labute approximate surface area is 60.9 Å². The Bertz CT molecular complexity index is 114. The van der Waals surface area contributed by atoms with Crippen LogP contribution in [-0.4, -0.2) is 36.3 Å². The van der Waals surface area contributed by atoms with Gasteiger partial charge in [-0.25, -0.2) is 0 Å². The van der Waals surface area contributed by atoms with E-state index >= 15 is 0 Å². The first-order valence-electron chi connectivity index (χ1n) is 3.56. The second kappa shape index (κ2) is 4.17. The van der Waals surface area contributed by atoms with E-state index in [4.69, 9.17) is 9.84 Å². The van der Waals surface area contributed by atoms with Gasteiger partial charge in [0.25, 0.3) is 0 Å². The van der Waals surface area contributed by atoms with Crippen LogP contribution in [0.3, 0.4) is 0 Å². The number of aliphatic hydroxyl groups is 1. The molecular formula is C7H13NO2. The summed E-state index contributed by atoms with van der Waals surface area (Å²) in [4.78, 5) is 2.14.